The first-order chi connectivity index (χ1) is 10.3. The molecule has 2 saturated heterocycles. The maximum atomic E-state index is 12.2. The molecule has 8 atom stereocenters. The highest BCUT2D eigenvalue weighted by molar-refractivity contribution is 5.92. The van der Waals surface area contributed by atoms with Crippen LogP contribution in [0.1, 0.15) is 13.3 Å². The molecular formula is C13H19NO8. The van der Waals surface area contributed by atoms with Crippen molar-refractivity contribution in [2.75, 3.05) is 7.05 Å². The first-order valence-electron chi connectivity index (χ1n) is 7.11. The van der Waals surface area contributed by atoms with Crippen LogP contribution < -0.4 is 5.32 Å². The Morgan fingerprint density at radius 1 is 1.27 bits per heavy atom. The van der Waals surface area contributed by atoms with Gasteiger partial charge in [0.15, 0.2) is 17.7 Å². The molecule has 1 saturated carbocycles. The van der Waals surface area contributed by atoms with Crippen molar-refractivity contribution in [1.82, 2.24) is 5.32 Å². The van der Waals surface area contributed by atoms with E-state index >= 15 is 0 Å². The molecule has 9 nitrogen and oxygen atoms in total. The third-order valence-electron chi connectivity index (χ3n) is 4.38. The second-order valence-electron chi connectivity index (χ2n) is 5.89. The van der Waals surface area contributed by atoms with Gasteiger partial charge in [0.05, 0.1) is 12.1 Å². The van der Waals surface area contributed by atoms with E-state index in [0.717, 1.165) is 0 Å². The molecule has 0 amide bonds. The standard InChI is InChI=1S/C13H19NO8/c1-4-3-5(15)13(19)12(20-4)21-10-8(17)6(14-2)7(16)9(18)11(10)22-13/h4,6-8,10-12,14,16-17,19H,3H2,1-2H3/t4-,6-,7+,8+,10-,11-,12+,13+/m1/s1. The summed E-state index contributed by atoms with van der Waals surface area (Å²) in [6.07, 6.45) is -7.42. The van der Waals surface area contributed by atoms with Gasteiger partial charge in [-0.3, -0.25) is 9.59 Å². The Morgan fingerprint density at radius 2 is 1.95 bits per heavy atom. The van der Waals surface area contributed by atoms with E-state index in [2.05, 4.69) is 5.32 Å². The fourth-order valence-corrected chi connectivity index (χ4v) is 3.15. The van der Waals surface area contributed by atoms with E-state index in [0.29, 0.717) is 0 Å². The average Bonchev–Trinajstić information content (AvgIpc) is 2.46. The Labute approximate surface area is 126 Å². The second-order valence-corrected chi connectivity index (χ2v) is 5.89. The zero-order chi connectivity index (χ0) is 16.2. The van der Waals surface area contributed by atoms with Gasteiger partial charge in [0.25, 0.3) is 5.79 Å². The summed E-state index contributed by atoms with van der Waals surface area (Å²) >= 11 is 0. The van der Waals surface area contributed by atoms with Crippen LogP contribution in [0.15, 0.2) is 0 Å². The number of aliphatic hydroxyl groups is 3. The highest BCUT2D eigenvalue weighted by Crippen LogP contribution is 2.39. The van der Waals surface area contributed by atoms with Gasteiger partial charge in [0, 0.05) is 6.42 Å². The molecule has 0 unspecified atom stereocenters. The van der Waals surface area contributed by atoms with Crippen LogP contribution in [0.3, 0.4) is 0 Å². The number of likely N-dealkylation sites (N-methyl/N-ethyl adjacent to an activating group) is 1. The monoisotopic (exact) mass is 317 g/mol. The summed E-state index contributed by atoms with van der Waals surface area (Å²) in [7, 11) is 1.48. The Balaban J connectivity index is 1.92. The summed E-state index contributed by atoms with van der Waals surface area (Å²) in [4.78, 5) is 24.2. The number of rotatable bonds is 1. The number of Topliss-reactive ketones (excluding diaryl/α,β-unsaturated/α-hetero) is 2. The molecule has 22 heavy (non-hydrogen) atoms. The quantitative estimate of drug-likeness (QED) is 0.400. The predicted octanol–water partition coefficient (Wildman–Crippen LogP) is -2.94. The molecule has 1 aliphatic carbocycles. The van der Waals surface area contributed by atoms with Crippen molar-refractivity contribution in [2.45, 2.75) is 62.0 Å². The van der Waals surface area contributed by atoms with Crippen LogP contribution in [0.25, 0.3) is 0 Å². The smallest absolute Gasteiger partial charge is 0.280 e. The van der Waals surface area contributed by atoms with E-state index in [1.807, 2.05) is 0 Å². The fourth-order valence-electron chi connectivity index (χ4n) is 3.15. The van der Waals surface area contributed by atoms with Gasteiger partial charge in [-0.15, -0.1) is 0 Å². The van der Waals surface area contributed by atoms with Crippen molar-refractivity contribution >= 4 is 11.6 Å². The molecule has 3 fully saturated rings. The van der Waals surface area contributed by atoms with Gasteiger partial charge >= 0.3 is 0 Å². The summed E-state index contributed by atoms with van der Waals surface area (Å²) in [5.74, 6) is -3.84. The number of carbonyl (C=O) groups is 2. The molecule has 4 N–H and O–H groups in total. The molecule has 0 aromatic carbocycles. The number of fused-ring (bicyclic) bond motifs is 2. The van der Waals surface area contributed by atoms with E-state index in [4.69, 9.17) is 14.2 Å². The molecular weight excluding hydrogens is 298 g/mol. The van der Waals surface area contributed by atoms with E-state index in [-0.39, 0.29) is 6.42 Å². The summed E-state index contributed by atoms with van der Waals surface area (Å²) < 4.78 is 16.1. The average molecular weight is 317 g/mol. The first-order valence-corrected chi connectivity index (χ1v) is 7.11. The van der Waals surface area contributed by atoms with Crippen LogP contribution in [0, 0.1) is 0 Å². The van der Waals surface area contributed by atoms with Gasteiger partial charge in [-0.1, -0.05) is 0 Å². The minimum atomic E-state index is -2.41. The zero-order valence-corrected chi connectivity index (χ0v) is 12.1. The van der Waals surface area contributed by atoms with Gasteiger partial charge in [0.1, 0.15) is 18.3 Å². The lowest BCUT2D eigenvalue weighted by molar-refractivity contribution is -0.407. The SMILES string of the molecule is CN[C@H]1[C@H](O)[C@H]2O[C@@H]3O[C@H](C)CC(=O)[C@]3(O)O[C@@H]2C(=O)[C@H]1O. The molecule has 0 radical (unpaired) electrons. The number of aliphatic hydroxyl groups excluding tert-OH is 2. The largest absolute Gasteiger partial charge is 0.389 e. The van der Waals surface area contributed by atoms with E-state index in [9.17, 15) is 24.9 Å². The van der Waals surface area contributed by atoms with E-state index < -0.39 is 60.2 Å². The fraction of sp³-hybridized carbons (Fsp3) is 0.846. The van der Waals surface area contributed by atoms with E-state index in [1.165, 1.54) is 7.05 Å². The third-order valence-corrected chi connectivity index (χ3v) is 4.38. The molecule has 124 valence electrons. The van der Waals surface area contributed by atoms with Gasteiger partial charge in [0.2, 0.25) is 6.29 Å². The van der Waals surface area contributed by atoms with Crippen molar-refractivity contribution in [3.05, 3.63) is 0 Å². The summed E-state index contributed by atoms with van der Waals surface area (Å²) in [6.45, 7) is 1.63. The lowest BCUT2D eigenvalue weighted by Gasteiger charge is -2.52. The van der Waals surface area contributed by atoms with Crippen LogP contribution in [-0.4, -0.2) is 82.6 Å². The minimum Gasteiger partial charge on any atom is -0.389 e. The molecule has 0 spiro atoms. The van der Waals surface area contributed by atoms with Crippen LogP contribution >= 0.6 is 0 Å². The molecule has 3 aliphatic rings. The Kier molecular flexibility index (Phi) is 3.84. The lowest BCUT2D eigenvalue weighted by Crippen LogP contribution is -2.75. The van der Waals surface area contributed by atoms with Crippen LogP contribution in [0.2, 0.25) is 0 Å². The third kappa shape index (κ3) is 2.13. The Morgan fingerprint density at radius 3 is 2.59 bits per heavy atom. The van der Waals surface area contributed by atoms with Crippen molar-refractivity contribution in [3.8, 4) is 0 Å². The normalized spacial score (nSPS) is 52.1. The number of nitrogens with one attached hydrogen (secondary N) is 1. The van der Waals surface area contributed by atoms with Crippen molar-refractivity contribution in [2.24, 2.45) is 0 Å². The van der Waals surface area contributed by atoms with Gasteiger partial charge in [-0.05, 0) is 14.0 Å². The van der Waals surface area contributed by atoms with Crippen molar-refractivity contribution < 1.29 is 39.1 Å². The number of hydrogen-bond donors (Lipinski definition) is 4. The topological polar surface area (TPSA) is 135 Å². The molecule has 0 aromatic heterocycles. The maximum absolute atomic E-state index is 12.2. The molecule has 2 heterocycles. The van der Waals surface area contributed by atoms with Gasteiger partial charge in [-0.25, -0.2) is 0 Å². The van der Waals surface area contributed by atoms with Crippen LogP contribution in [0.5, 0.6) is 0 Å². The van der Waals surface area contributed by atoms with Crippen LogP contribution in [-0.2, 0) is 23.8 Å². The molecule has 9 heteroatoms. The first kappa shape index (κ1) is 15.9. The molecule has 0 aromatic rings. The van der Waals surface area contributed by atoms with Gasteiger partial charge < -0.3 is 34.8 Å². The molecule has 3 rings (SSSR count). The number of ketones is 2. The van der Waals surface area contributed by atoms with Crippen molar-refractivity contribution in [3.63, 3.8) is 0 Å². The van der Waals surface area contributed by atoms with Gasteiger partial charge in [-0.2, -0.15) is 0 Å². The number of ether oxygens (including phenoxy) is 3. The summed E-state index contributed by atoms with van der Waals surface area (Å²) in [5, 5.41) is 33.2. The van der Waals surface area contributed by atoms with Crippen molar-refractivity contribution in [1.29, 1.82) is 0 Å². The lowest BCUT2D eigenvalue weighted by atomic mass is 9.82. The summed E-state index contributed by atoms with van der Waals surface area (Å²) in [5.41, 5.74) is 0. The van der Waals surface area contributed by atoms with E-state index in [1.54, 1.807) is 6.92 Å². The maximum Gasteiger partial charge on any atom is 0.280 e. The number of hydrogen-bond acceptors (Lipinski definition) is 9. The Hall–Kier alpha value is -0.940. The zero-order valence-electron chi connectivity index (χ0n) is 12.1. The predicted molar refractivity (Wildman–Crippen MR) is 68.5 cm³/mol. The number of carbonyl (C=O) groups excluding carboxylic acids is 2. The molecule has 2 aliphatic heterocycles. The minimum absolute atomic E-state index is 0.0911. The highest BCUT2D eigenvalue weighted by Gasteiger charge is 2.63. The second kappa shape index (κ2) is 5.31. The van der Waals surface area contributed by atoms with Crippen LogP contribution in [0.4, 0.5) is 0 Å². The Bertz CT molecular complexity index is 498. The molecule has 0 bridgehead atoms. The highest BCUT2D eigenvalue weighted by atomic mass is 16.8. The summed E-state index contributed by atoms with van der Waals surface area (Å²) in [6, 6.07) is -0.944.